The molecule has 1 unspecified atom stereocenters. The van der Waals surface area contributed by atoms with E-state index in [1.165, 1.54) is 12.8 Å². The van der Waals surface area contributed by atoms with Gasteiger partial charge in [0.15, 0.2) is 0 Å². The Bertz CT molecular complexity index is 613. The molecule has 0 radical (unpaired) electrons. The topological polar surface area (TPSA) is 45.8 Å². The van der Waals surface area contributed by atoms with Gasteiger partial charge in [-0.2, -0.15) is 0 Å². The summed E-state index contributed by atoms with van der Waals surface area (Å²) in [5.41, 5.74) is 1.93. The van der Waals surface area contributed by atoms with Crippen molar-refractivity contribution in [3.05, 3.63) is 53.6 Å². The molecule has 1 saturated carbocycles. The van der Waals surface area contributed by atoms with Crippen LogP contribution < -0.4 is 0 Å². The van der Waals surface area contributed by atoms with Gasteiger partial charge in [-0.15, -0.1) is 0 Å². The highest BCUT2D eigenvalue weighted by Crippen LogP contribution is 2.27. The molecule has 1 N–H and O–H groups in total. The van der Waals surface area contributed by atoms with Crippen molar-refractivity contribution in [1.82, 2.24) is 9.97 Å². The summed E-state index contributed by atoms with van der Waals surface area (Å²) in [5, 5.41) is 0. The minimum atomic E-state index is -0.333. The molecule has 1 atom stereocenters. The predicted octanol–water partition coefficient (Wildman–Crippen LogP) is 2.50. The Hall–Kier alpha value is -2.34. The maximum atomic E-state index is 11.2. The van der Waals surface area contributed by atoms with Crippen molar-refractivity contribution in [3.8, 4) is 11.8 Å². The number of hydrogen-bond donors (Lipinski definition) is 1. The van der Waals surface area contributed by atoms with Crippen LogP contribution in [-0.2, 0) is 4.79 Å². The average Bonchev–Trinajstić information content (AvgIpc) is 3.13. The second kappa shape index (κ2) is 5.11. The molecule has 1 aliphatic rings. The van der Waals surface area contributed by atoms with Gasteiger partial charge in [-0.25, -0.2) is 4.98 Å². The van der Waals surface area contributed by atoms with Crippen molar-refractivity contribution < 1.29 is 4.79 Å². The molecule has 0 bridgehead atoms. The fourth-order valence-corrected chi connectivity index (χ4v) is 1.94. The molecule has 0 aliphatic heterocycles. The summed E-state index contributed by atoms with van der Waals surface area (Å²) < 4.78 is 0. The predicted molar refractivity (Wildman–Crippen MR) is 72.5 cm³/mol. The third kappa shape index (κ3) is 2.74. The number of aromatic amines is 1. The lowest BCUT2D eigenvalue weighted by molar-refractivity contribution is -0.108. The largest absolute Gasteiger partial charge is 0.348 e. The Kier molecular flexibility index (Phi) is 3.16. The summed E-state index contributed by atoms with van der Waals surface area (Å²) in [6, 6.07) is 7.81. The van der Waals surface area contributed by atoms with Crippen LogP contribution in [0.25, 0.3) is 0 Å². The summed E-state index contributed by atoms with van der Waals surface area (Å²) in [6.07, 6.45) is 6.75. The second-order valence-corrected chi connectivity index (χ2v) is 4.75. The van der Waals surface area contributed by atoms with Crippen molar-refractivity contribution in [3.63, 3.8) is 0 Å². The van der Waals surface area contributed by atoms with Crippen LogP contribution in [0.3, 0.4) is 0 Å². The molecule has 1 aliphatic carbocycles. The van der Waals surface area contributed by atoms with Crippen LogP contribution in [0.1, 0.15) is 35.7 Å². The first-order chi connectivity index (χ1) is 9.36. The molecular weight excluding hydrogens is 236 g/mol. The first-order valence-corrected chi connectivity index (χ1v) is 6.43. The summed E-state index contributed by atoms with van der Waals surface area (Å²) >= 11 is 0. The molecule has 0 spiro atoms. The molecule has 1 aromatic carbocycles. The van der Waals surface area contributed by atoms with Crippen molar-refractivity contribution in [2.45, 2.75) is 18.8 Å². The number of aromatic nitrogens is 2. The van der Waals surface area contributed by atoms with Gasteiger partial charge < -0.3 is 9.78 Å². The number of carbonyl (C=O) groups excluding carboxylic acids is 1. The molecule has 1 fully saturated rings. The highest BCUT2D eigenvalue weighted by molar-refractivity contribution is 5.66. The molecule has 1 aromatic heterocycles. The summed E-state index contributed by atoms with van der Waals surface area (Å²) in [7, 11) is 0. The van der Waals surface area contributed by atoms with E-state index < -0.39 is 0 Å². The number of nitrogens with one attached hydrogen (secondary N) is 1. The number of aldehydes is 1. The minimum Gasteiger partial charge on any atom is -0.348 e. The molecule has 94 valence electrons. The molecule has 19 heavy (non-hydrogen) atoms. The van der Waals surface area contributed by atoms with E-state index in [1.807, 2.05) is 24.3 Å². The van der Waals surface area contributed by atoms with E-state index in [0.29, 0.717) is 11.7 Å². The third-order valence-electron chi connectivity index (χ3n) is 3.22. The van der Waals surface area contributed by atoms with E-state index in [1.54, 1.807) is 12.4 Å². The van der Waals surface area contributed by atoms with Crippen LogP contribution in [0.15, 0.2) is 36.7 Å². The van der Waals surface area contributed by atoms with Crippen molar-refractivity contribution >= 4 is 6.29 Å². The van der Waals surface area contributed by atoms with E-state index in [2.05, 4.69) is 21.8 Å². The maximum absolute atomic E-state index is 11.2. The van der Waals surface area contributed by atoms with E-state index in [0.717, 1.165) is 17.4 Å². The number of nitrogens with zero attached hydrogens (tertiary/aromatic N) is 1. The Balaban J connectivity index is 1.81. The van der Waals surface area contributed by atoms with Gasteiger partial charge >= 0.3 is 0 Å². The van der Waals surface area contributed by atoms with E-state index in [9.17, 15) is 4.79 Å². The Morgan fingerprint density at radius 2 is 2.11 bits per heavy atom. The standard InChI is InChI=1S/C16H14N2O/c19-11-15(16-17-9-10-18-16)14-7-5-13(6-8-14)4-3-12-1-2-12/h5-12,15H,1-2H2,(H,17,18). The highest BCUT2D eigenvalue weighted by atomic mass is 16.1. The second-order valence-electron chi connectivity index (χ2n) is 4.75. The Labute approximate surface area is 112 Å². The van der Waals surface area contributed by atoms with Gasteiger partial charge in [0.2, 0.25) is 0 Å². The summed E-state index contributed by atoms with van der Waals surface area (Å²) in [5.74, 6) is 7.33. The lowest BCUT2D eigenvalue weighted by atomic mass is 9.99. The van der Waals surface area contributed by atoms with E-state index >= 15 is 0 Å². The zero-order valence-electron chi connectivity index (χ0n) is 10.5. The van der Waals surface area contributed by atoms with Crippen molar-refractivity contribution in [2.75, 3.05) is 0 Å². The zero-order chi connectivity index (χ0) is 13.1. The normalized spacial score (nSPS) is 15.4. The number of imidazole rings is 1. The Morgan fingerprint density at radius 1 is 1.32 bits per heavy atom. The summed E-state index contributed by atoms with van der Waals surface area (Å²) in [6.45, 7) is 0. The number of rotatable bonds is 3. The van der Waals surface area contributed by atoms with Gasteiger partial charge in [-0.1, -0.05) is 24.0 Å². The molecule has 1 heterocycles. The number of carbonyl (C=O) groups is 1. The SMILES string of the molecule is O=CC(c1ccc(C#CC2CC2)cc1)c1ncc[nH]1. The molecule has 0 saturated heterocycles. The lowest BCUT2D eigenvalue weighted by Crippen LogP contribution is -2.04. The fourth-order valence-electron chi connectivity index (χ4n) is 1.94. The van der Waals surface area contributed by atoms with Crippen LogP contribution in [0.2, 0.25) is 0 Å². The maximum Gasteiger partial charge on any atom is 0.135 e. The van der Waals surface area contributed by atoms with Gasteiger partial charge in [0, 0.05) is 23.9 Å². The van der Waals surface area contributed by atoms with Gasteiger partial charge in [0.05, 0.1) is 5.92 Å². The van der Waals surface area contributed by atoms with Crippen LogP contribution in [0, 0.1) is 17.8 Å². The molecule has 2 aromatic rings. The van der Waals surface area contributed by atoms with Crippen molar-refractivity contribution in [1.29, 1.82) is 0 Å². The van der Waals surface area contributed by atoms with Crippen LogP contribution >= 0.6 is 0 Å². The molecule has 3 nitrogen and oxygen atoms in total. The highest BCUT2D eigenvalue weighted by Gasteiger charge is 2.18. The van der Waals surface area contributed by atoms with E-state index in [-0.39, 0.29) is 5.92 Å². The van der Waals surface area contributed by atoms with Gasteiger partial charge in [-0.05, 0) is 30.5 Å². The Morgan fingerprint density at radius 3 is 2.68 bits per heavy atom. The van der Waals surface area contributed by atoms with Crippen LogP contribution in [0.5, 0.6) is 0 Å². The first-order valence-electron chi connectivity index (χ1n) is 6.43. The minimum absolute atomic E-state index is 0.333. The number of benzene rings is 1. The fraction of sp³-hybridized carbons (Fsp3) is 0.250. The van der Waals surface area contributed by atoms with Gasteiger partial charge in [-0.3, -0.25) is 0 Å². The average molecular weight is 250 g/mol. The molecule has 3 rings (SSSR count). The monoisotopic (exact) mass is 250 g/mol. The van der Waals surface area contributed by atoms with Gasteiger partial charge in [0.25, 0.3) is 0 Å². The number of hydrogen-bond acceptors (Lipinski definition) is 2. The third-order valence-corrected chi connectivity index (χ3v) is 3.22. The molecular formula is C16H14N2O. The van der Waals surface area contributed by atoms with Crippen molar-refractivity contribution in [2.24, 2.45) is 5.92 Å². The summed E-state index contributed by atoms with van der Waals surface area (Å²) in [4.78, 5) is 18.3. The quantitative estimate of drug-likeness (QED) is 0.672. The lowest BCUT2D eigenvalue weighted by Gasteiger charge is -2.07. The number of H-pyrrole nitrogens is 1. The molecule has 3 heteroatoms. The van der Waals surface area contributed by atoms with Gasteiger partial charge in [0.1, 0.15) is 12.1 Å². The molecule has 0 amide bonds. The first kappa shape index (κ1) is 11.7. The van der Waals surface area contributed by atoms with Crippen LogP contribution in [-0.4, -0.2) is 16.3 Å². The van der Waals surface area contributed by atoms with Crippen LogP contribution in [0.4, 0.5) is 0 Å². The smallest absolute Gasteiger partial charge is 0.135 e. The zero-order valence-corrected chi connectivity index (χ0v) is 10.5. The van der Waals surface area contributed by atoms with E-state index in [4.69, 9.17) is 0 Å².